The molecule has 2 atom stereocenters. The molecule has 146 valence electrons. The van der Waals surface area contributed by atoms with Gasteiger partial charge in [0.1, 0.15) is 0 Å². The van der Waals surface area contributed by atoms with Crippen LogP contribution >= 0.6 is 0 Å². The Balaban J connectivity index is 1.23. The number of benzene rings is 1. The van der Waals surface area contributed by atoms with E-state index in [0.29, 0.717) is 6.04 Å². The first-order chi connectivity index (χ1) is 13.2. The van der Waals surface area contributed by atoms with Crippen LogP contribution in [0.15, 0.2) is 29.4 Å². The topological polar surface area (TPSA) is 64.7 Å². The van der Waals surface area contributed by atoms with E-state index in [9.17, 15) is 0 Å². The molecule has 2 aliphatic rings. The highest BCUT2D eigenvalue weighted by Gasteiger charge is 2.32. The number of rotatable bonds is 5. The summed E-state index contributed by atoms with van der Waals surface area (Å²) >= 11 is 0. The summed E-state index contributed by atoms with van der Waals surface area (Å²) in [4.78, 5) is 10.3. The zero-order chi connectivity index (χ0) is 18.6. The van der Waals surface area contributed by atoms with Gasteiger partial charge in [0.25, 0.3) is 0 Å². The lowest BCUT2D eigenvalue weighted by atomic mass is 10.1. The van der Waals surface area contributed by atoms with Gasteiger partial charge in [-0.1, -0.05) is 12.1 Å². The summed E-state index contributed by atoms with van der Waals surface area (Å²) < 4.78 is 6.02. The van der Waals surface area contributed by atoms with Crippen molar-refractivity contribution in [3.8, 4) is 0 Å². The molecular formula is C21H31N5O. The van der Waals surface area contributed by atoms with Gasteiger partial charge in [-0.3, -0.25) is 9.89 Å². The Morgan fingerprint density at radius 1 is 1.37 bits per heavy atom. The Morgan fingerprint density at radius 2 is 2.30 bits per heavy atom. The third kappa shape index (κ3) is 4.28. The molecular weight excluding hydrogens is 338 g/mol. The molecule has 1 aromatic carbocycles. The minimum absolute atomic E-state index is 0.245. The number of ether oxygens (including phenoxy) is 1. The van der Waals surface area contributed by atoms with E-state index >= 15 is 0 Å². The van der Waals surface area contributed by atoms with E-state index in [4.69, 9.17) is 4.74 Å². The average molecular weight is 370 g/mol. The number of aryl methyl sites for hydroxylation is 1. The van der Waals surface area contributed by atoms with Crippen LogP contribution in [0.2, 0.25) is 0 Å². The SMILES string of the molecule is CN=C(NCCc1c[nH]c2cc(C)ccc12)NCC1CN2CCCC2CO1. The Bertz CT molecular complexity index is 799. The Labute approximate surface area is 161 Å². The molecule has 6 heteroatoms. The number of aromatic amines is 1. The number of H-pyrrole nitrogens is 1. The van der Waals surface area contributed by atoms with Gasteiger partial charge in [-0.15, -0.1) is 0 Å². The summed E-state index contributed by atoms with van der Waals surface area (Å²) in [6.45, 7) is 6.90. The van der Waals surface area contributed by atoms with Crippen LogP contribution in [0.5, 0.6) is 0 Å². The van der Waals surface area contributed by atoms with Gasteiger partial charge in [-0.2, -0.15) is 0 Å². The quantitative estimate of drug-likeness (QED) is 0.558. The number of fused-ring (bicyclic) bond motifs is 2. The zero-order valence-corrected chi connectivity index (χ0v) is 16.4. The predicted molar refractivity (Wildman–Crippen MR) is 110 cm³/mol. The van der Waals surface area contributed by atoms with Crippen LogP contribution in [0.1, 0.15) is 24.0 Å². The van der Waals surface area contributed by atoms with Crippen molar-refractivity contribution in [2.24, 2.45) is 4.99 Å². The van der Waals surface area contributed by atoms with Crippen LogP contribution in [0, 0.1) is 6.92 Å². The number of guanidine groups is 1. The Morgan fingerprint density at radius 3 is 3.19 bits per heavy atom. The molecule has 2 aliphatic heterocycles. The number of nitrogens with zero attached hydrogens (tertiary/aromatic N) is 2. The molecule has 0 radical (unpaired) electrons. The summed E-state index contributed by atoms with van der Waals surface area (Å²) in [7, 11) is 1.82. The zero-order valence-electron chi connectivity index (χ0n) is 16.4. The normalized spacial score (nSPS) is 23.6. The van der Waals surface area contributed by atoms with E-state index in [1.54, 1.807) is 0 Å². The second-order valence-electron chi connectivity index (χ2n) is 7.74. The largest absolute Gasteiger partial charge is 0.373 e. The molecule has 2 fully saturated rings. The summed E-state index contributed by atoms with van der Waals surface area (Å²) in [5.41, 5.74) is 3.83. The second kappa shape index (κ2) is 8.31. The van der Waals surface area contributed by atoms with Gasteiger partial charge in [0.2, 0.25) is 0 Å². The molecule has 0 spiro atoms. The van der Waals surface area contributed by atoms with Crippen molar-refractivity contribution >= 4 is 16.9 Å². The smallest absolute Gasteiger partial charge is 0.191 e. The molecule has 3 N–H and O–H groups in total. The minimum Gasteiger partial charge on any atom is -0.373 e. The predicted octanol–water partition coefficient (Wildman–Crippen LogP) is 2.05. The fourth-order valence-electron chi connectivity index (χ4n) is 4.26. The lowest BCUT2D eigenvalue weighted by molar-refractivity contribution is -0.0453. The van der Waals surface area contributed by atoms with Crippen molar-refractivity contribution in [2.45, 2.75) is 38.3 Å². The van der Waals surface area contributed by atoms with E-state index in [1.807, 2.05) is 7.05 Å². The van der Waals surface area contributed by atoms with Crippen molar-refractivity contribution in [1.29, 1.82) is 0 Å². The number of hydrogen-bond donors (Lipinski definition) is 3. The fraction of sp³-hybridized carbons (Fsp3) is 0.571. The molecule has 0 bridgehead atoms. The van der Waals surface area contributed by atoms with Gasteiger partial charge < -0.3 is 20.4 Å². The first-order valence-electron chi connectivity index (χ1n) is 10.1. The Hall–Kier alpha value is -2.05. The van der Waals surface area contributed by atoms with Crippen LogP contribution in [0.3, 0.4) is 0 Å². The van der Waals surface area contributed by atoms with Crippen LogP contribution in [-0.2, 0) is 11.2 Å². The van der Waals surface area contributed by atoms with Gasteiger partial charge in [0, 0.05) is 49.8 Å². The summed E-state index contributed by atoms with van der Waals surface area (Å²) in [5, 5.41) is 8.16. The number of aromatic nitrogens is 1. The molecule has 6 nitrogen and oxygen atoms in total. The van der Waals surface area contributed by atoms with E-state index in [2.05, 4.69) is 56.8 Å². The van der Waals surface area contributed by atoms with E-state index in [1.165, 1.54) is 41.4 Å². The van der Waals surface area contributed by atoms with Crippen molar-refractivity contribution in [2.75, 3.05) is 39.8 Å². The first kappa shape index (κ1) is 18.3. The number of aliphatic imine (C=N–C) groups is 1. The van der Waals surface area contributed by atoms with Gasteiger partial charge in [-0.25, -0.2) is 0 Å². The third-order valence-corrected chi connectivity index (χ3v) is 5.79. The third-order valence-electron chi connectivity index (χ3n) is 5.79. The van der Waals surface area contributed by atoms with Crippen LogP contribution in [0.4, 0.5) is 0 Å². The highest BCUT2D eigenvalue weighted by Crippen LogP contribution is 2.22. The minimum atomic E-state index is 0.245. The van der Waals surface area contributed by atoms with Gasteiger partial charge in [0.15, 0.2) is 5.96 Å². The van der Waals surface area contributed by atoms with Crippen LogP contribution in [-0.4, -0.2) is 67.8 Å². The molecule has 0 saturated carbocycles. The maximum atomic E-state index is 6.02. The maximum absolute atomic E-state index is 6.02. The van der Waals surface area contributed by atoms with Crippen LogP contribution in [0.25, 0.3) is 10.9 Å². The van der Waals surface area contributed by atoms with Crippen LogP contribution < -0.4 is 10.6 Å². The summed E-state index contributed by atoms with van der Waals surface area (Å²) in [5.74, 6) is 0.845. The fourth-order valence-corrected chi connectivity index (χ4v) is 4.26. The van der Waals surface area contributed by atoms with Crippen molar-refractivity contribution in [1.82, 2.24) is 20.5 Å². The molecule has 27 heavy (non-hydrogen) atoms. The first-order valence-corrected chi connectivity index (χ1v) is 10.1. The highest BCUT2D eigenvalue weighted by molar-refractivity contribution is 5.84. The van der Waals surface area contributed by atoms with Gasteiger partial charge in [-0.05, 0) is 49.9 Å². The molecule has 2 unspecified atom stereocenters. The van der Waals surface area contributed by atoms with E-state index in [-0.39, 0.29) is 6.10 Å². The molecule has 0 aliphatic carbocycles. The Kier molecular flexibility index (Phi) is 5.64. The standard InChI is InChI=1S/C21H31N5O/c1-15-5-6-19-16(11-24-20(19)10-15)7-8-23-21(22-2)25-12-18-13-26-9-3-4-17(26)14-27-18/h5-6,10-11,17-18,24H,3-4,7-9,12-14H2,1-2H3,(H2,22,23,25). The van der Waals surface area contributed by atoms with Gasteiger partial charge in [0.05, 0.1) is 12.7 Å². The number of morpholine rings is 1. The second-order valence-corrected chi connectivity index (χ2v) is 7.74. The number of hydrogen-bond acceptors (Lipinski definition) is 3. The number of nitrogens with one attached hydrogen (secondary N) is 3. The monoisotopic (exact) mass is 369 g/mol. The summed E-state index contributed by atoms with van der Waals surface area (Å²) in [6, 6.07) is 7.22. The van der Waals surface area contributed by atoms with Gasteiger partial charge >= 0.3 is 0 Å². The maximum Gasteiger partial charge on any atom is 0.191 e. The summed E-state index contributed by atoms with van der Waals surface area (Å²) in [6.07, 6.45) is 5.92. The van der Waals surface area contributed by atoms with Crippen molar-refractivity contribution in [3.05, 3.63) is 35.5 Å². The van der Waals surface area contributed by atoms with E-state index in [0.717, 1.165) is 38.6 Å². The van der Waals surface area contributed by atoms with Crippen molar-refractivity contribution in [3.63, 3.8) is 0 Å². The molecule has 2 saturated heterocycles. The van der Waals surface area contributed by atoms with E-state index < -0.39 is 0 Å². The van der Waals surface area contributed by atoms with Crippen molar-refractivity contribution < 1.29 is 4.74 Å². The molecule has 3 heterocycles. The lowest BCUT2D eigenvalue weighted by Gasteiger charge is -2.35. The molecule has 2 aromatic rings. The highest BCUT2D eigenvalue weighted by atomic mass is 16.5. The lowest BCUT2D eigenvalue weighted by Crippen LogP contribution is -2.51. The molecule has 1 aromatic heterocycles. The molecule has 4 rings (SSSR count). The average Bonchev–Trinajstić information content (AvgIpc) is 3.30. The molecule has 0 amide bonds.